The van der Waals surface area contributed by atoms with Gasteiger partial charge in [0.15, 0.2) is 0 Å². The van der Waals surface area contributed by atoms with Gasteiger partial charge >= 0.3 is 11.5 Å². The van der Waals surface area contributed by atoms with E-state index in [1.54, 1.807) is 6.07 Å². The molecular weight excluding hydrogens is 525 g/mol. The molecule has 0 radical (unpaired) electrons. The molecule has 1 aliphatic heterocycles. The van der Waals surface area contributed by atoms with E-state index < -0.39 is 37.7 Å². The third-order valence-electron chi connectivity index (χ3n) is 7.40. The summed E-state index contributed by atoms with van der Waals surface area (Å²) in [5.74, 6) is -0.850. The largest absolute Gasteiger partial charge is 0.501 e. The minimum absolute atomic E-state index is 0.0418. The van der Waals surface area contributed by atoms with Crippen molar-refractivity contribution in [3.05, 3.63) is 53.9 Å². The molecule has 2 aromatic rings. The van der Waals surface area contributed by atoms with Crippen LogP contribution in [-0.2, 0) is 21.2 Å². The van der Waals surface area contributed by atoms with E-state index in [9.17, 15) is 36.0 Å². The number of carbonyl (C=O) groups is 3. The van der Waals surface area contributed by atoms with Gasteiger partial charge in [-0.1, -0.05) is 19.3 Å². The molecule has 1 aromatic carbocycles. The third-order valence-corrected chi connectivity index (χ3v) is 8.90. The molecule has 3 aliphatic rings. The van der Waals surface area contributed by atoms with E-state index in [1.807, 2.05) is 0 Å². The number of nitrogens with zero attached hydrogens (tertiary/aromatic N) is 3. The zero-order valence-corrected chi connectivity index (χ0v) is 21.0. The Morgan fingerprint density at radius 3 is 2.32 bits per heavy atom. The maximum atomic E-state index is 13.4. The van der Waals surface area contributed by atoms with E-state index in [0.717, 1.165) is 61.3 Å². The summed E-state index contributed by atoms with van der Waals surface area (Å²) in [7, 11) is -5.57. The van der Waals surface area contributed by atoms with Gasteiger partial charge < -0.3 is 10.2 Å². The van der Waals surface area contributed by atoms with Crippen molar-refractivity contribution in [2.24, 2.45) is 0 Å². The molecule has 2 aliphatic carbocycles. The van der Waals surface area contributed by atoms with E-state index in [4.69, 9.17) is 0 Å². The normalized spacial score (nSPS) is 19.8. The molecule has 1 aromatic heterocycles. The van der Waals surface area contributed by atoms with E-state index in [1.165, 1.54) is 17.3 Å². The zero-order valence-electron chi connectivity index (χ0n) is 20.2. The van der Waals surface area contributed by atoms with Crippen LogP contribution in [-0.4, -0.2) is 53.2 Å². The first kappa shape index (κ1) is 26.1. The van der Waals surface area contributed by atoms with Crippen molar-refractivity contribution >= 4 is 33.4 Å². The Balaban J connectivity index is 1.39. The highest BCUT2D eigenvalue weighted by Gasteiger charge is 2.65. The van der Waals surface area contributed by atoms with Gasteiger partial charge in [-0.2, -0.15) is 13.2 Å². The van der Waals surface area contributed by atoms with Crippen LogP contribution in [0, 0.1) is 0 Å². The molecule has 13 heteroatoms. The summed E-state index contributed by atoms with van der Waals surface area (Å²) in [6, 6.07) is 4.42. The molecule has 5 rings (SSSR count). The molecule has 1 saturated heterocycles. The van der Waals surface area contributed by atoms with E-state index in [2.05, 4.69) is 10.3 Å². The highest BCUT2D eigenvalue weighted by molar-refractivity contribution is 7.92. The number of hydrogen-bond acceptors (Lipinski definition) is 6. The van der Waals surface area contributed by atoms with Crippen LogP contribution in [0.4, 0.5) is 23.7 Å². The topological polar surface area (TPSA) is 117 Å². The van der Waals surface area contributed by atoms with Crippen LogP contribution < -0.4 is 10.2 Å². The molecule has 0 bridgehead atoms. The Hall–Kier alpha value is -3.48. The van der Waals surface area contributed by atoms with Gasteiger partial charge in [-0.25, -0.2) is 18.1 Å². The fourth-order valence-corrected chi connectivity index (χ4v) is 5.88. The predicted molar refractivity (Wildman–Crippen MR) is 129 cm³/mol. The summed E-state index contributed by atoms with van der Waals surface area (Å²) < 4.78 is 62.0. The number of benzene rings is 1. The number of amides is 4. The number of nitrogens with one attached hydrogen (secondary N) is 1. The molecule has 1 spiro atoms. The van der Waals surface area contributed by atoms with Gasteiger partial charge in [-0.3, -0.25) is 14.6 Å². The molecular formula is C25H25F3N4O5S. The molecule has 3 fully saturated rings. The Kier molecular flexibility index (Phi) is 6.44. The van der Waals surface area contributed by atoms with Gasteiger partial charge in [0.2, 0.25) is 0 Å². The molecule has 202 valence electrons. The number of sulfone groups is 1. The number of halogens is 3. The number of urea groups is 1. The SMILES string of the molecule is O=C(NC1CCCCC1)c1cnccc1CN1C(=O)N(c2ccc(S(=O)(=O)C(F)(F)F)cc2)C(=O)C12CC2. The number of imide groups is 1. The molecule has 1 N–H and O–H groups in total. The van der Waals surface area contributed by atoms with Crippen LogP contribution in [0.2, 0.25) is 0 Å². The quantitative estimate of drug-likeness (QED) is 0.545. The van der Waals surface area contributed by atoms with Crippen LogP contribution in [0.3, 0.4) is 0 Å². The number of pyridine rings is 1. The molecule has 0 unspecified atom stereocenters. The number of hydrogen-bond donors (Lipinski definition) is 1. The van der Waals surface area contributed by atoms with Gasteiger partial charge in [-0.15, -0.1) is 0 Å². The second-order valence-electron chi connectivity index (χ2n) is 9.83. The van der Waals surface area contributed by atoms with Gasteiger partial charge in [-0.05, 0) is 61.6 Å². The smallest absolute Gasteiger partial charge is 0.349 e. The van der Waals surface area contributed by atoms with E-state index >= 15 is 0 Å². The number of rotatable bonds is 6. The number of anilines is 1. The van der Waals surface area contributed by atoms with Crippen molar-refractivity contribution in [1.29, 1.82) is 0 Å². The minimum Gasteiger partial charge on any atom is -0.349 e. The molecule has 38 heavy (non-hydrogen) atoms. The van der Waals surface area contributed by atoms with Gasteiger partial charge in [0, 0.05) is 25.0 Å². The summed E-state index contributed by atoms with van der Waals surface area (Å²) in [4.78, 5) is 45.0. The molecule has 9 nitrogen and oxygen atoms in total. The maximum absolute atomic E-state index is 13.4. The summed E-state index contributed by atoms with van der Waals surface area (Å²) in [6.07, 6.45) is 8.69. The van der Waals surface area contributed by atoms with Crippen LogP contribution in [0.15, 0.2) is 47.6 Å². The average molecular weight is 551 g/mol. The number of alkyl halides is 3. The first-order valence-corrected chi connectivity index (χ1v) is 13.8. The van der Waals surface area contributed by atoms with Gasteiger partial charge in [0.1, 0.15) is 5.54 Å². The van der Waals surface area contributed by atoms with Gasteiger partial charge in [0.25, 0.3) is 21.7 Å². The Labute approximate surface area is 216 Å². The van der Waals surface area contributed by atoms with Crippen LogP contribution in [0.1, 0.15) is 60.9 Å². The molecule has 0 atom stereocenters. The fourth-order valence-electron chi connectivity index (χ4n) is 5.12. The molecule has 4 amide bonds. The monoisotopic (exact) mass is 550 g/mol. The predicted octanol–water partition coefficient (Wildman–Crippen LogP) is 3.94. The zero-order chi connectivity index (χ0) is 27.3. The lowest BCUT2D eigenvalue weighted by Gasteiger charge is -2.25. The summed E-state index contributed by atoms with van der Waals surface area (Å²) >= 11 is 0. The second-order valence-corrected chi connectivity index (χ2v) is 11.8. The van der Waals surface area contributed by atoms with Crippen molar-refractivity contribution in [3.63, 3.8) is 0 Å². The van der Waals surface area contributed by atoms with Crippen LogP contribution in [0.5, 0.6) is 0 Å². The minimum atomic E-state index is -5.57. The van der Waals surface area contributed by atoms with Crippen LogP contribution >= 0.6 is 0 Å². The van der Waals surface area contributed by atoms with Crippen molar-refractivity contribution in [1.82, 2.24) is 15.2 Å². The second kappa shape index (κ2) is 9.37. The first-order valence-electron chi connectivity index (χ1n) is 12.3. The van der Waals surface area contributed by atoms with Crippen molar-refractivity contribution in [2.75, 3.05) is 4.90 Å². The van der Waals surface area contributed by atoms with E-state index in [0.29, 0.717) is 24.0 Å². The van der Waals surface area contributed by atoms with Crippen LogP contribution in [0.25, 0.3) is 0 Å². The lowest BCUT2D eigenvalue weighted by atomic mass is 9.95. The highest BCUT2D eigenvalue weighted by atomic mass is 32.2. The van der Waals surface area contributed by atoms with Crippen molar-refractivity contribution in [2.45, 2.75) is 73.5 Å². The Bertz CT molecular complexity index is 1380. The van der Waals surface area contributed by atoms with Crippen molar-refractivity contribution < 1.29 is 36.0 Å². The van der Waals surface area contributed by atoms with Gasteiger partial charge in [0.05, 0.1) is 16.1 Å². The molecule has 2 saturated carbocycles. The highest BCUT2D eigenvalue weighted by Crippen LogP contribution is 2.50. The third kappa shape index (κ3) is 4.42. The lowest BCUT2D eigenvalue weighted by Crippen LogP contribution is -2.39. The number of aromatic nitrogens is 1. The average Bonchev–Trinajstić information content (AvgIpc) is 3.66. The maximum Gasteiger partial charge on any atom is 0.501 e. The summed E-state index contributed by atoms with van der Waals surface area (Å²) in [5, 5.41) is 3.03. The number of carbonyl (C=O) groups excluding carboxylic acids is 3. The Morgan fingerprint density at radius 2 is 1.71 bits per heavy atom. The molecule has 2 heterocycles. The Morgan fingerprint density at radius 1 is 1.05 bits per heavy atom. The first-order chi connectivity index (χ1) is 18.0. The lowest BCUT2D eigenvalue weighted by molar-refractivity contribution is -0.120. The summed E-state index contributed by atoms with van der Waals surface area (Å²) in [5.41, 5.74) is -5.83. The fraction of sp³-hybridized carbons (Fsp3) is 0.440. The van der Waals surface area contributed by atoms with E-state index in [-0.39, 0.29) is 24.2 Å². The summed E-state index contributed by atoms with van der Waals surface area (Å²) in [6.45, 7) is -0.0441. The van der Waals surface area contributed by atoms with Crippen molar-refractivity contribution in [3.8, 4) is 0 Å². The standard InChI is InChI=1S/C25H25F3N4O5S/c26-25(27,28)38(36,37)19-8-6-18(7-9-19)32-22(34)24(11-12-24)31(23(32)35)15-16-10-13-29-14-20(16)21(33)30-17-4-2-1-3-5-17/h6-10,13-14,17H,1-5,11-12,15H2,(H,30,33).